The molecule has 15 N–H and O–H groups in total. The van der Waals surface area contributed by atoms with Gasteiger partial charge in [0.05, 0.1) is 24.4 Å². The Balaban J connectivity index is 1.65. The first kappa shape index (κ1) is 27.4. The maximum absolute atomic E-state index is 11.0. The van der Waals surface area contributed by atoms with E-state index in [1.165, 1.54) is 0 Å². The van der Waals surface area contributed by atoms with Crippen LogP contribution in [0.2, 0.25) is 0 Å². The largest absolute Gasteiger partial charge is 0.447 e. The van der Waals surface area contributed by atoms with E-state index in [4.69, 9.17) is 58.1 Å². The fourth-order valence-electron chi connectivity index (χ4n) is 4.58. The third kappa shape index (κ3) is 6.31. The highest BCUT2D eigenvalue weighted by molar-refractivity contribution is 5.64. The second-order valence-electron chi connectivity index (χ2n) is 9.13. The fraction of sp³-hybridized carbons (Fsp3) is 0.947. The number of ether oxygens (including phenoxy) is 5. The molecule has 3 fully saturated rings. The van der Waals surface area contributed by atoms with Crippen molar-refractivity contribution in [2.24, 2.45) is 34.4 Å². The Bertz CT molecular complexity index is 680. The van der Waals surface area contributed by atoms with Crippen molar-refractivity contribution in [1.82, 2.24) is 0 Å². The molecular formula is C19H38N6O9. The van der Waals surface area contributed by atoms with Gasteiger partial charge in [0.2, 0.25) is 0 Å². The second kappa shape index (κ2) is 11.7. The van der Waals surface area contributed by atoms with Crippen LogP contribution < -0.4 is 34.4 Å². The third-order valence-corrected chi connectivity index (χ3v) is 6.50. The third-order valence-electron chi connectivity index (χ3n) is 6.50. The van der Waals surface area contributed by atoms with Crippen LogP contribution in [0.25, 0.3) is 0 Å². The van der Waals surface area contributed by atoms with Gasteiger partial charge in [0.1, 0.15) is 31.0 Å². The van der Waals surface area contributed by atoms with Gasteiger partial charge < -0.3 is 73.4 Å². The van der Waals surface area contributed by atoms with E-state index in [1.807, 2.05) is 0 Å². The molecule has 2 aliphatic heterocycles. The summed E-state index contributed by atoms with van der Waals surface area (Å²) in [5, 5.41) is 31.3. The molecule has 0 unspecified atom stereocenters. The summed E-state index contributed by atoms with van der Waals surface area (Å²) in [6.07, 6.45) is -9.22. The van der Waals surface area contributed by atoms with Crippen LogP contribution in [-0.2, 0) is 23.7 Å². The molecule has 3 aliphatic rings. The Morgan fingerprint density at radius 1 is 0.824 bits per heavy atom. The van der Waals surface area contributed by atoms with Gasteiger partial charge in [-0.1, -0.05) is 0 Å². The second-order valence-corrected chi connectivity index (χ2v) is 9.13. The number of rotatable bonds is 7. The van der Waals surface area contributed by atoms with Gasteiger partial charge in [0, 0.05) is 31.1 Å². The van der Waals surface area contributed by atoms with Gasteiger partial charge in [0.15, 0.2) is 12.6 Å². The van der Waals surface area contributed by atoms with Crippen molar-refractivity contribution < 1.29 is 43.8 Å². The molecule has 1 saturated carbocycles. The number of carbonyl (C=O) groups excluding carboxylic acids is 1. The summed E-state index contributed by atoms with van der Waals surface area (Å²) >= 11 is 0. The summed E-state index contributed by atoms with van der Waals surface area (Å²) in [6.45, 7) is -0.263. The van der Waals surface area contributed by atoms with Gasteiger partial charge in [0.25, 0.3) is 0 Å². The normalized spacial score (nSPS) is 47.8. The molecule has 1 amide bonds. The minimum atomic E-state index is -1.29. The summed E-state index contributed by atoms with van der Waals surface area (Å²) < 4.78 is 27.9. The number of amides is 1. The van der Waals surface area contributed by atoms with Crippen LogP contribution in [0.5, 0.6) is 0 Å². The van der Waals surface area contributed by atoms with E-state index >= 15 is 0 Å². The van der Waals surface area contributed by atoms with E-state index in [9.17, 15) is 20.1 Å². The van der Waals surface area contributed by atoms with Crippen molar-refractivity contribution >= 4 is 6.09 Å². The standard InChI is InChI=1S/C19H38N6O9/c20-4-11-10(26)2-9(24)18(32-11)34-17-8(23)1-7(22)16(15(17)28)33-13-3-6(21)14(27)12(31-13)5-30-19(25)29/h6-18,26-28H,1-5,20-24H2,(H2,25,29)/t6-,7-,8+,9-,10+,11-,12-,13-,14+,15-,16+,17-,18-/m1/s1. The Morgan fingerprint density at radius 3 is 2.09 bits per heavy atom. The predicted molar refractivity (Wildman–Crippen MR) is 115 cm³/mol. The molecule has 13 atom stereocenters. The number of aliphatic hydroxyl groups is 3. The number of aliphatic hydroxyl groups excluding tert-OH is 3. The molecule has 34 heavy (non-hydrogen) atoms. The van der Waals surface area contributed by atoms with Crippen LogP contribution in [0.15, 0.2) is 0 Å². The molecule has 0 aromatic carbocycles. The van der Waals surface area contributed by atoms with E-state index in [2.05, 4.69) is 0 Å². The molecule has 0 radical (unpaired) electrons. The van der Waals surface area contributed by atoms with Gasteiger partial charge in [-0.2, -0.15) is 0 Å². The zero-order chi connectivity index (χ0) is 25.2. The van der Waals surface area contributed by atoms with Gasteiger partial charge >= 0.3 is 6.09 Å². The highest BCUT2D eigenvalue weighted by Gasteiger charge is 2.48. The van der Waals surface area contributed by atoms with Crippen LogP contribution in [0.1, 0.15) is 19.3 Å². The van der Waals surface area contributed by atoms with Crippen molar-refractivity contribution in [3.8, 4) is 0 Å². The first-order valence-electron chi connectivity index (χ1n) is 11.3. The van der Waals surface area contributed by atoms with Crippen molar-refractivity contribution in [3.05, 3.63) is 0 Å². The van der Waals surface area contributed by atoms with E-state index in [0.717, 1.165) is 0 Å². The number of hydrogen-bond donors (Lipinski definition) is 9. The van der Waals surface area contributed by atoms with Crippen LogP contribution in [0.4, 0.5) is 4.79 Å². The number of carbonyl (C=O) groups is 1. The molecule has 15 nitrogen and oxygen atoms in total. The average molecular weight is 495 g/mol. The van der Waals surface area contributed by atoms with E-state index < -0.39 is 85.6 Å². The van der Waals surface area contributed by atoms with E-state index in [0.29, 0.717) is 0 Å². The lowest BCUT2D eigenvalue weighted by molar-refractivity contribution is -0.294. The SMILES string of the molecule is NC[C@H]1O[C@H](O[C@H]2[C@H](O)[C@@H](O[C@@H]3C[C@@H](N)[C@H](O)[C@@H](COC(N)=O)O3)[C@H](N)C[C@@H]2N)[C@H](N)C[C@@H]1O. The average Bonchev–Trinajstić information content (AvgIpc) is 2.76. The monoisotopic (exact) mass is 494 g/mol. The number of hydrogen-bond acceptors (Lipinski definition) is 14. The van der Waals surface area contributed by atoms with Crippen molar-refractivity contribution in [1.29, 1.82) is 0 Å². The molecule has 0 spiro atoms. The Labute approximate surface area is 196 Å². The summed E-state index contributed by atoms with van der Waals surface area (Å²) in [7, 11) is 0. The predicted octanol–water partition coefficient (Wildman–Crippen LogP) is -5.16. The lowest BCUT2D eigenvalue weighted by Crippen LogP contribution is -2.66. The highest BCUT2D eigenvalue weighted by atomic mass is 16.7. The van der Waals surface area contributed by atoms with Crippen molar-refractivity contribution in [2.45, 2.75) is 98.7 Å². The zero-order valence-electron chi connectivity index (χ0n) is 18.8. The molecule has 15 heteroatoms. The number of nitrogens with two attached hydrogens (primary N) is 6. The molecule has 0 aromatic rings. The smallest absolute Gasteiger partial charge is 0.404 e. The Hall–Kier alpha value is -1.21. The summed E-state index contributed by atoms with van der Waals surface area (Å²) in [5.41, 5.74) is 35.1. The van der Waals surface area contributed by atoms with E-state index in [1.54, 1.807) is 0 Å². The summed E-state index contributed by atoms with van der Waals surface area (Å²) in [5.74, 6) is 0. The van der Waals surface area contributed by atoms with Gasteiger partial charge in [-0.15, -0.1) is 0 Å². The highest BCUT2D eigenvalue weighted by Crippen LogP contribution is 2.30. The van der Waals surface area contributed by atoms with Crippen molar-refractivity contribution in [2.75, 3.05) is 13.2 Å². The van der Waals surface area contributed by atoms with Crippen LogP contribution in [0, 0.1) is 0 Å². The lowest BCUT2D eigenvalue weighted by atomic mass is 9.84. The minimum absolute atomic E-state index is 0.0649. The molecule has 3 rings (SSSR count). The molecular weight excluding hydrogens is 456 g/mol. The van der Waals surface area contributed by atoms with Crippen LogP contribution >= 0.6 is 0 Å². The molecule has 2 heterocycles. The first-order chi connectivity index (χ1) is 16.0. The molecule has 198 valence electrons. The molecule has 1 aliphatic carbocycles. The Morgan fingerprint density at radius 2 is 1.47 bits per heavy atom. The van der Waals surface area contributed by atoms with Gasteiger partial charge in [-0.25, -0.2) is 4.79 Å². The molecule has 2 saturated heterocycles. The lowest BCUT2D eigenvalue weighted by Gasteiger charge is -2.47. The van der Waals surface area contributed by atoms with E-state index in [-0.39, 0.29) is 32.4 Å². The molecule has 0 bridgehead atoms. The minimum Gasteiger partial charge on any atom is -0.447 e. The van der Waals surface area contributed by atoms with Crippen LogP contribution in [-0.4, -0.2) is 114 Å². The topological polar surface area (TPSA) is 280 Å². The molecule has 0 aromatic heterocycles. The summed E-state index contributed by atoms with van der Waals surface area (Å²) in [4.78, 5) is 10.9. The van der Waals surface area contributed by atoms with Crippen molar-refractivity contribution in [3.63, 3.8) is 0 Å². The Kier molecular flexibility index (Phi) is 9.41. The maximum Gasteiger partial charge on any atom is 0.404 e. The maximum atomic E-state index is 11.0. The zero-order valence-corrected chi connectivity index (χ0v) is 18.8. The summed E-state index contributed by atoms with van der Waals surface area (Å²) in [6, 6.07) is -2.74. The quantitative estimate of drug-likeness (QED) is 0.160. The number of primary amides is 1. The van der Waals surface area contributed by atoms with Crippen LogP contribution in [0.3, 0.4) is 0 Å². The van der Waals surface area contributed by atoms with Gasteiger partial charge in [-0.3, -0.25) is 0 Å². The fourth-order valence-corrected chi connectivity index (χ4v) is 4.58. The first-order valence-corrected chi connectivity index (χ1v) is 11.3. The van der Waals surface area contributed by atoms with Gasteiger partial charge in [-0.05, 0) is 12.8 Å².